The van der Waals surface area contributed by atoms with Crippen LogP contribution in [0.3, 0.4) is 0 Å². The minimum atomic E-state index is -4.68. The van der Waals surface area contributed by atoms with Gasteiger partial charge in [0.25, 0.3) is 10.0 Å². The number of sulfonamides is 1. The molecule has 3 aromatic carbocycles. The van der Waals surface area contributed by atoms with Gasteiger partial charge in [0.05, 0.1) is 27.8 Å². The Balaban J connectivity index is 2.10. The lowest BCUT2D eigenvalue weighted by Crippen LogP contribution is -2.20. The molecule has 0 aliphatic rings. The number of carbonyl (C=O) groups is 1. The maximum atomic E-state index is 13.4. The normalized spacial score (nSPS) is 13.0. The van der Waals surface area contributed by atoms with E-state index < -0.39 is 33.8 Å². The molecule has 10 heteroatoms. The third-order valence-corrected chi connectivity index (χ3v) is 6.75. The first-order valence-electron chi connectivity index (χ1n) is 10.2. The SMILES string of the molecule is CC(C)c1ccccc1S(=O)(=O)Nc1ccc(C(F)(F)F)cc1C(N)c1ccc(C(=O)O)cc1. The summed E-state index contributed by atoms with van der Waals surface area (Å²) >= 11 is 0. The van der Waals surface area contributed by atoms with Crippen molar-refractivity contribution in [1.29, 1.82) is 0 Å². The standard InChI is InChI=1S/C24H23F3N2O4S/c1-14(2)18-5-3-4-6-21(18)34(32,33)29-20-12-11-17(24(25,26)27)13-19(20)22(28)15-7-9-16(10-8-15)23(30)31/h3-14,22,29H,28H2,1-2H3,(H,30,31). The van der Waals surface area contributed by atoms with E-state index in [0.29, 0.717) is 11.1 Å². The number of hydrogen-bond acceptors (Lipinski definition) is 4. The molecule has 0 aliphatic heterocycles. The topological polar surface area (TPSA) is 109 Å². The maximum absolute atomic E-state index is 13.4. The molecular weight excluding hydrogens is 469 g/mol. The van der Waals surface area contributed by atoms with Crippen LogP contribution < -0.4 is 10.5 Å². The van der Waals surface area contributed by atoms with Gasteiger partial charge in [-0.05, 0) is 59.0 Å². The fraction of sp³-hybridized carbons (Fsp3) is 0.208. The summed E-state index contributed by atoms with van der Waals surface area (Å²) in [6.07, 6.45) is -4.68. The van der Waals surface area contributed by atoms with E-state index in [1.807, 2.05) is 13.8 Å². The van der Waals surface area contributed by atoms with Gasteiger partial charge in [0.1, 0.15) is 0 Å². The third-order valence-electron chi connectivity index (χ3n) is 5.31. The van der Waals surface area contributed by atoms with Crippen LogP contribution in [-0.2, 0) is 16.2 Å². The molecule has 0 amide bonds. The van der Waals surface area contributed by atoms with Crippen LogP contribution >= 0.6 is 0 Å². The highest BCUT2D eigenvalue weighted by Crippen LogP contribution is 2.36. The van der Waals surface area contributed by atoms with Crippen LogP contribution in [0.25, 0.3) is 0 Å². The average Bonchev–Trinajstić information content (AvgIpc) is 2.78. The molecule has 0 heterocycles. The van der Waals surface area contributed by atoms with Crippen molar-refractivity contribution in [2.75, 3.05) is 4.72 Å². The quantitative estimate of drug-likeness (QED) is 0.411. The smallest absolute Gasteiger partial charge is 0.416 e. The zero-order valence-electron chi connectivity index (χ0n) is 18.3. The fourth-order valence-corrected chi connectivity index (χ4v) is 4.96. The number of nitrogens with two attached hydrogens (primary N) is 1. The summed E-state index contributed by atoms with van der Waals surface area (Å²) in [6.45, 7) is 3.66. The summed E-state index contributed by atoms with van der Waals surface area (Å²) in [5.41, 5.74) is 5.87. The summed E-state index contributed by atoms with van der Waals surface area (Å²) in [6, 6.07) is 13.1. The van der Waals surface area contributed by atoms with Gasteiger partial charge in [-0.3, -0.25) is 4.72 Å². The van der Waals surface area contributed by atoms with E-state index in [2.05, 4.69) is 4.72 Å². The molecule has 0 fully saturated rings. The Kier molecular flexibility index (Phi) is 7.04. The van der Waals surface area contributed by atoms with E-state index in [9.17, 15) is 26.4 Å². The summed E-state index contributed by atoms with van der Waals surface area (Å²) in [4.78, 5) is 11.1. The van der Waals surface area contributed by atoms with Crippen molar-refractivity contribution >= 4 is 21.7 Å². The summed E-state index contributed by atoms with van der Waals surface area (Å²) in [7, 11) is -4.16. The predicted molar refractivity (Wildman–Crippen MR) is 122 cm³/mol. The van der Waals surface area contributed by atoms with E-state index in [1.54, 1.807) is 18.2 Å². The van der Waals surface area contributed by atoms with E-state index >= 15 is 0 Å². The number of carboxylic acids is 1. The van der Waals surface area contributed by atoms with Gasteiger partial charge in [0.15, 0.2) is 0 Å². The molecule has 0 bridgehead atoms. The highest BCUT2D eigenvalue weighted by atomic mass is 32.2. The van der Waals surface area contributed by atoms with Crippen molar-refractivity contribution in [2.45, 2.75) is 36.9 Å². The molecule has 1 atom stereocenters. The van der Waals surface area contributed by atoms with Crippen molar-refractivity contribution in [3.05, 3.63) is 94.5 Å². The Morgan fingerprint density at radius 1 is 0.971 bits per heavy atom. The Morgan fingerprint density at radius 2 is 1.59 bits per heavy atom. The van der Waals surface area contributed by atoms with Gasteiger partial charge in [-0.2, -0.15) is 13.2 Å². The molecule has 0 aromatic heterocycles. The summed E-state index contributed by atoms with van der Waals surface area (Å²) < 4.78 is 69.0. The van der Waals surface area contributed by atoms with Gasteiger partial charge < -0.3 is 10.8 Å². The highest BCUT2D eigenvalue weighted by Gasteiger charge is 2.32. The van der Waals surface area contributed by atoms with Crippen LogP contribution in [0.4, 0.5) is 18.9 Å². The number of carboxylic acid groups (broad SMARTS) is 1. The van der Waals surface area contributed by atoms with Crippen LogP contribution in [0, 0.1) is 0 Å². The lowest BCUT2D eigenvalue weighted by Gasteiger charge is -2.21. The largest absolute Gasteiger partial charge is 0.478 e. The average molecular weight is 493 g/mol. The van der Waals surface area contributed by atoms with Crippen LogP contribution in [0.15, 0.2) is 71.6 Å². The van der Waals surface area contributed by atoms with Gasteiger partial charge >= 0.3 is 12.1 Å². The Labute approximate surface area is 195 Å². The molecule has 34 heavy (non-hydrogen) atoms. The number of benzene rings is 3. The molecule has 0 radical (unpaired) electrons. The number of hydrogen-bond donors (Lipinski definition) is 3. The number of aromatic carboxylic acids is 1. The van der Waals surface area contributed by atoms with Crippen molar-refractivity contribution < 1.29 is 31.5 Å². The van der Waals surface area contributed by atoms with Gasteiger partial charge in [0.2, 0.25) is 0 Å². The van der Waals surface area contributed by atoms with Crippen LogP contribution in [0.5, 0.6) is 0 Å². The van der Waals surface area contributed by atoms with Crippen molar-refractivity contribution in [2.24, 2.45) is 5.73 Å². The Morgan fingerprint density at radius 3 is 2.15 bits per heavy atom. The van der Waals surface area contributed by atoms with Crippen molar-refractivity contribution in [3.63, 3.8) is 0 Å². The Hall–Kier alpha value is -3.37. The molecule has 3 rings (SSSR count). The molecule has 3 aromatic rings. The van der Waals surface area contributed by atoms with Gasteiger partial charge in [-0.25, -0.2) is 13.2 Å². The summed E-state index contributed by atoms with van der Waals surface area (Å²) in [5, 5.41) is 9.07. The fourth-order valence-electron chi connectivity index (χ4n) is 3.50. The van der Waals surface area contributed by atoms with E-state index in [4.69, 9.17) is 10.8 Å². The molecule has 180 valence electrons. The lowest BCUT2D eigenvalue weighted by atomic mass is 9.95. The monoisotopic (exact) mass is 492 g/mol. The number of alkyl halides is 3. The maximum Gasteiger partial charge on any atom is 0.416 e. The lowest BCUT2D eigenvalue weighted by molar-refractivity contribution is -0.137. The molecule has 1 unspecified atom stereocenters. The number of nitrogens with one attached hydrogen (secondary N) is 1. The first-order chi connectivity index (χ1) is 15.8. The predicted octanol–water partition coefficient (Wildman–Crippen LogP) is 5.38. The van der Waals surface area contributed by atoms with Crippen molar-refractivity contribution in [1.82, 2.24) is 0 Å². The number of rotatable bonds is 7. The second kappa shape index (κ2) is 9.47. The molecular formula is C24H23F3N2O4S. The van der Waals surface area contributed by atoms with Crippen LogP contribution in [-0.4, -0.2) is 19.5 Å². The second-order valence-corrected chi connectivity index (χ2v) is 9.65. The molecule has 0 saturated carbocycles. The van der Waals surface area contributed by atoms with Crippen molar-refractivity contribution in [3.8, 4) is 0 Å². The molecule has 6 nitrogen and oxygen atoms in total. The highest BCUT2D eigenvalue weighted by molar-refractivity contribution is 7.92. The van der Waals surface area contributed by atoms with Crippen LogP contribution in [0.2, 0.25) is 0 Å². The van der Waals surface area contributed by atoms with Crippen LogP contribution in [0.1, 0.15) is 58.4 Å². The second-order valence-electron chi connectivity index (χ2n) is 8.00. The minimum absolute atomic E-state index is 0.00947. The van der Waals surface area contributed by atoms with E-state index in [1.165, 1.54) is 30.3 Å². The van der Waals surface area contributed by atoms with Gasteiger partial charge in [-0.15, -0.1) is 0 Å². The van der Waals surface area contributed by atoms with E-state index in [-0.39, 0.29) is 27.6 Å². The van der Waals surface area contributed by atoms with E-state index in [0.717, 1.165) is 18.2 Å². The summed E-state index contributed by atoms with van der Waals surface area (Å²) in [5.74, 6) is -1.29. The zero-order chi connectivity index (χ0) is 25.3. The van der Waals surface area contributed by atoms with Gasteiger partial charge in [0, 0.05) is 0 Å². The van der Waals surface area contributed by atoms with Gasteiger partial charge in [-0.1, -0.05) is 44.2 Å². The molecule has 0 aliphatic carbocycles. The third kappa shape index (κ3) is 5.40. The minimum Gasteiger partial charge on any atom is -0.478 e. The molecule has 4 N–H and O–H groups in total. The first kappa shape index (κ1) is 25.3. The molecule has 0 saturated heterocycles. The zero-order valence-corrected chi connectivity index (χ0v) is 19.1. The number of anilines is 1. The Bertz CT molecular complexity index is 1300. The molecule has 0 spiro atoms. The first-order valence-corrected chi connectivity index (χ1v) is 11.7. The number of halogens is 3.